The van der Waals surface area contributed by atoms with E-state index < -0.39 is 0 Å². The van der Waals surface area contributed by atoms with E-state index in [0.29, 0.717) is 11.8 Å². The first kappa shape index (κ1) is 15.5. The molecule has 4 aromatic rings. The highest BCUT2D eigenvalue weighted by Gasteiger charge is 2.30. The molecule has 1 aliphatic carbocycles. The van der Waals surface area contributed by atoms with E-state index >= 15 is 0 Å². The van der Waals surface area contributed by atoms with Gasteiger partial charge in [0.05, 0.1) is 15.2 Å². The van der Waals surface area contributed by atoms with Gasteiger partial charge in [-0.1, -0.05) is 12.1 Å². The third-order valence-corrected chi connectivity index (χ3v) is 6.93. The quantitative estimate of drug-likeness (QED) is 0.541. The zero-order valence-corrected chi connectivity index (χ0v) is 15.8. The molecule has 0 unspecified atom stereocenters. The summed E-state index contributed by atoms with van der Waals surface area (Å²) in [5, 5.41) is 10.2. The van der Waals surface area contributed by atoms with Crippen LogP contribution >= 0.6 is 11.3 Å². The maximum atomic E-state index is 4.87. The maximum Gasteiger partial charge on any atom is 0.203 e. The van der Waals surface area contributed by atoms with Crippen LogP contribution < -0.4 is 4.90 Å². The summed E-state index contributed by atoms with van der Waals surface area (Å²) in [4.78, 5) is 11.9. The van der Waals surface area contributed by atoms with Gasteiger partial charge in [-0.2, -0.15) is 0 Å². The van der Waals surface area contributed by atoms with E-state index in [2.05, 4.69) is 48.7 Å². The van der Waals surface area contributed by atoms with Crippen LogP contribution in [0, 0.1) is 0 Å². The Morgan fingerprint density at radius 3 is 2.63 bits per heavy atom. The molecule has 6 rings (SSSR count). The van der Waals surface area contributed by atoms with Gasteiger partial charge in [-0.05, 0) is 37.8 Å². The molecular formula is C20H20N6S. The Labute approximate surface area is 160 Å². The van der Waals surface area contributed by atoms with Crippen molar-refractivity contribution >= 4 is 33.0 Å². The molecule has 1 aliphatic heterocycles. The van der Waals surface area contributed by atoms with Gasteiger partial charge in [0.2, 0.25) is 5.65 Å². The Balaban J connectivity index is 1.25. The van der Waals surface area contributed by atoms with Crippen LogP contribution in [0.3, 0.4) is 0 Å². The van der Waals surface area contributed by atoms with Crippen molar-refractivity contribution in [2.45, 2.75) is 37.5 Å². The van der Waals surface area contributed by atoms with Crippen LogP contribution in [0.2, 0.25) is 0 Å². The highest BCUT2D eigenvalue weighted by molar-refractivity contribution is 7.18. The van der Waals surface area contributed by atoms with E-state index in [4.69, 9.17) is 4.98 Å². The standard InChI is InChI=1S/C20H20N6S/c1-2-4-16-15(3-1)22-20(27-16)14-7-10-25(11-8-14)18-19-24-23-17(13-5-6-13)26(19)12-9-21-18/h1-4,9,12-14H,5-8,10-11H2. The summed E-state index contributed by atoms with van der Waals surface area (Å²) in [6.07, 6.45) is 8.55. The number of para-hydroxylation sites is 1. The first-order chi connectivity index (χ1) is 13.4. The normalized spacial score (nSPS) is 18.6. The lowest BCUT2D eigenvalue weighted by molar-refractivity contribution is 0.502. The fourth-order valence-electron chi connectivity index (χ4n) is 4.08. The number of hydrogen-bond donors (Lipinski definition) is 0. The number of benzene rings is 1. The Kier molecular flexibility index (Phi) is 3.44. The zero-order valence-electron chi connectivity index (χ0n) is 15.0. The number of nitrogens with zero attached hydrogens (tertiary/aromatic N) is 6. The minimum Gasteiger partial charge on any atom is -0.353 e. The molecule has 136 valence electrons. The lowest BCUT2D eigenvalue weighted by atomic mass is 9.97. The molecule has 3 aromatic heterocycles. The molecule has 2 fully saturated rings. The first-order valence-corrected chi connectivity index (χ1v) is 10.5. The van der Waals surface area contributed by atoms with Crippen molar-refractivity contribution in [2.24, 2.45) is 0 Å². The third-order valence-electron chi connectivity index (χ3n) is 5.73. The molecule has 1 aromatic carbocycles. The lowest BCUT2D eigenvalue weighted by Gasteiger charge is -2.31. The van der Waals surface area contributed by atoms with Crippen LogP contribution in [0.5, 0.6) is 0 Å². The largest absolute Gasteiger partial charge is 0.353 e. The topological polar surface area (TPSA) is 59.2 Å². The summed E-state index contributed by atoms with van der Waals surface area (Å²) in [7, 11) is 0. The Morgan fingerprint density at radius 1 is 0.963 bits per heavy atom. The Bertz CT molecular complexity index is 1090. The van der Waals surface area contributed by atoms with Crippen molar-refractivity contribution in [1.82, 2.24) is 24.6 Å². The molecule has 0 amide bonds. The van der Waals surface area contributed by atoms with Crippen LogP contribution in [0.4, 0.5) is 5.82 Å². The molecule has 0 atom stereocenters. The molecule has 1 saturated carbocycles. The van der Waals surface area contributed by atoms with Gasteiger partial charge in [0.1, 0.15) is 5.82 Å². The average molecular weight is 376 g/mol. The number of aromatic nitrogens is 5. The zero-order chi connectivity index (χ0) is 17.8. The molecule has 0 N–H and O–H groups in total. The maximum absolute atomic E-state index is 4.87. The van der Waals surface area contributed by atoms with Crippen molar-refractivity contribution < 1.29 is 0 Å². The average Bonchev–Trinajstić information content (AvgIpc) is 3.31. The van der Waals surface area contributed by atoms with Gasteiger partial charge in [-0.15, -0.1) is 21.5 Å². The number of hydrogen-bond acceptors (Lipinski definition) is 6. The molecule has 1 saturated heterocycles. The molecule has 0 radical (unpaired) electrons. The van der Waals surface area contributed by atoms with Crippen molar-refractivity contribution in [3.05, 3.63) is 47.5 Å². The van der Waals surface area contributed by atoms with Crippen LogP contribution in [-0.4, -0.2) is 37.7 Å². The molecule has 0 spiro atoms. The SMILES string of the molecule is c1ccc2sc(C3CCN(c4nccn5c(C6CC6)nnc45)CC3)nc2c1. The molecular weight excluding hydrogens is 356 g/mol. The van der Waals surface area contributed by atoms with E-state index in [1.165, 1.54) is 22.5 Å². The molecule has 7 heteroatoms. The number of piperidine rings is 1. The summed E-state index contributed by atoms with van der Waals surface area (Å²) in [6, 6.07) is 8.43. The second-order valence-electron chi connectivity index (χ2n) is 7.56. The van der Waals surface area contributed by atoms with Crippen LogP contribution in [0.1, 0.15) is 48.4 Å². The van der Waals surface area contributed by atoms with Gasteiger partial charge in [0, 0.05) is 37.3 Å². The highest BCUT2D eigenvalue weighted by atomic mass is 32.1. The van der Waals surface area contributed by atoms with Crippen molar-refractivity contribution in [3.8, 4) is 0 Å². The minimum absolute atomic E-state index is 0.540. The van der Waals surface area contributed by atoms with Gasteiger partial charge >= 0.3 is 0 Å². The van der Waals surface area contributed by atoms with E-state index in [-0.39, 0.29) is 0 Å². The number of fused-ring (bicyclic) bond motifs is 2. The summed E-state index contributed by atoms with van der Waals surface area (Å²) in [5.74, 6) is 3.19. The number of anilines is 1. The van der Waals surface area contributed by atoms with Gasteiger partial charge in [-0.3, -0.25) is 4.40 Å². The van der Waals surface area contributed by atoms with Crippen LogP contribution in [-0.2, 0) is 0 Å². The monoisotopic (exact) mass is 376 g/mol. The van der Waals surface area contributed by atoms with Gasteiger partial charge < -0.3 is 4.90 Å². The van der Waals surface area contributed by atoms with E-state index in [9.17, 15) is 0 Å². The summed E-state index contributed by atoms with van der Waals surface area (Å²) < 4.78 is 3.43. The van der Waals surface area contributed by atoms with Crippen molar-refractivity contribution in [3.63, 3.8) is 0 Å². The van der Waals surface area contributed by atoms with Gasteiger partial charge in [-0.25, -0.2) is 9.97 Å². The fraction of sp³-hybridized carbons (Fsp3) is 0.400. The summed E-state index contributed by atoms with van der Waals surface area (Å²) in [6.45, 7) is 1.97. The van der Waals surface area contributed by atoms with Gasteiger partial charge in [0.25, 0.3) is 0 Å². The number of thiazole rings is 1. The van der Waals surface area contributed by atoms with E-state index in [0.717, 1.165) is 48.7 Å². The van der Waals surface area contributed by atoms with Crippen molar-refractivity contribution in [2.75, 3.05) is 18.0 Å². The second-order valence-corrected chi connectivity index (χ2v) is 8.62. The highest BCUT2D eigenvalue weighted by Crippen LogP contribution is 2.40. The minimum atomic E-state index is 0.540. The Morgan fingerprint density at radius 2 is 1.81 bits per heavy atom. The predicted molar refractivity (Wildman–Crippen MR) is 107 cm³/mol. The molecule has 2 aliphatic rings. The van der Waals surface area contributed by atoms with Crippen molar-refractivity contribution in [1.29, 1.82) is 0 Å². The predicted octanol–water partition coefficient (Wildman–Crippen LogP) is 4.00. The molecule has 0 bridgehead atoms. The summed E-state index contributed by atoms with van der Waals surface area (Å²) in [5.41, 5.74) is 2.03. The van der Waals surface area contributed by atoms with E-state index in [1.807, 2.05) is 23.7 Å². The fourth-order valence-corrected chi connectivity index (χ4v) is 5.21. The third kappa shape index (κ3) is 2.60. The Hall–Kier alpha value is -2.54. The molecule has 27 heavy (non-hydrogen) atoms. The molecule has 4 heterocycles. The lowest BCUT2D eigenvalue weighted by Crippen LogP contribution is -2.33. The number of rotatable bonds is 3. The van der Waals surface area contributed by atoms with E-state index in [1.54, 1.807) is 0 Å². The second kappa shape index (κ2) is 5.99. The smallest absolute Gasteiger partial charge is 0.203 e. The van der Waals surface area contributed by atoms with Crippen LogP contribution in [0.15, 0.2) is 36.7 Å². The van der Waals surface area contributed by atoms with Crippen LogP contribution in [0.25, 0.3) is 15.9 Å². The summed E-state index contributed by atoms with van der Waals surface area (Å²) >= 11 is 1.85. The molecule has 6 nitrogen and oxygen atoms in total. The first-order valence-electron chi connectivity index (χ1n) is 9.67. The van der Waals surface area contributed by atoms with Gasteiger partial charge in [0.15, 0.2) is 5.82 Å².